The van der Waals surface area contributed by atoms with Gasteiger partial charge in [0, 0.05) is 13.1 Å². The van der Waals surface area contributed by atoms with Gasteiger partial charge in [0.2, 0.25) is 0 Å². The minimum atomic E-state index is -0.790. The van der Waals surface area contributed by atoms with Crippen LogP contribution < -0.4 is 10.6 Å². The van der Waals surface area contributed by atoms with Crippen molar-refractivity contribution in [1.29, 1.82) is 0 Å². The summed E-state index contributed by atoms with van der Waals surface area (Å²) in [5.41, 5.74) is 2.60. The summed E-state index contributed by atoms with van der Waals surface area (Å²) in [5.74, 6) is -1.95. The van der Waals surface area contributed by atoms with Crippen LogP contribution in [0.25, 0.3) is 0 Å². The SMILES string of the molecule is Cc1ccc(C(CNC(=O)C(=O)NCc2ccc(F)cc2)OCCO)cc1. The van der Waals surface area contributed by atoms with E-state index in [0.29, 0.717) is 5.56 Å². The first-order valence-electron chi connectivity index (χ1n) is 8.59. The lowest BCUT2D eigenvalue weighted by Crippen LogP contribution is -2.41. The fourth-order valence-corrected chi connectivity index (χ4v) is 2.38. The number of rotatable bonds is 8. The van der Waals surface area contributed by atoms with Gasteiger partial charge in [0.15, 0.2) is 0 Å². The quantitative estimate of drug-likeness (QED) is 0.613. The number of benzene rings is 2. The second-order valence-corrected chi connectivity index (χ2v) is 6.01. The molecule has 0 saturated carbocycles. The lowest BCUT2D eigenvalue weighted by Gasteiger charge is -2.18. The number of aryl methyl sites for hydroxylation is 1. The smallest absolute Gasteiger partial charge is 0.309 e. The van der Waals surface area contributed by atoms with Crippen LogP contribution in [0.1, 0.15) is 22.8 Å². The summed E-state index contributed by atoms with van der Waals surface area (Å²) in [5, 5.41) is 14.0. The molecule has 2 rings (SSSR count). The lowest BCUT2D eigenvalue weighted by molar-refractivity contribution is -0.139. The highest BCUT2D eigenvalue weighted by molar-refractivity contribution is 6.35. The van der Waals surface area contributed by atoms with E-state index in [0.717, 1.165) is 11.1 Å². The zero-order chi connectivity index (χ0) is 19.6. The van der Waals surface area contributed by atoms with Crippen LogP contribution in [-0.4, -0.2) is 36.7 Å². The number of carbonyl (C=O) groups excluding carboxylic acids is 2. The summed E-state index contributed by atoms with van der Waals surface area (Å²) < 4.78 is 18.4. The standard InChI is InChI=1S/C20H23FN2O4/c1-14-2-6-16(7-3-14)18(27-11-10-24)13-23-20(26)19(25)22-12-15-4-8-17(21)9-5-15/h2-9,18,24H,10-13H2,1H3,(H,22,25)(H,23,26). The third-order valence-electron chi connectivity index (χ3n) is 3.88. The number of halogens is 1. The molecule has 0 fully saturated rings. The Hall–Kier alpha value is -2.77. The van der Waals surface area contributed by atoms with E-state index in [1.54, 1.807) is 0 Å². The molecule has 0 aromatic heterocycles. The molecule has 27 heavy (non-hydrogen) atoms. The van der Waals surface area contributed by atoms with Crippen LogP contribution in [0.2, 0.25) is 0 Å². The Morgan fingerprint density at radius 2 is 1.67 bits per heavy atom. The molecular weight excluding hydrogens is 351 g/mol. The molecule has 0 saturated heterocycles. The number of ether oxygens (including phenoxy) is 1. The molecule has 0 aliphatic heterocycles. The molecule has 144 valence electrons. The van der Waals surface area contributed by atoms with Crippen molar-refractivity contribution in [2.75, 3.05) is 19.8 Å². The Balaban J connectivity index is 1.86. The van der Waals surface area contributed by atoms with Crippen molar-refractivity contribution < 1.29 is 23.8 Å². The topological polar surface area (TPSA) is 87.7 Å². The Kier molecular flexibility index (Phi) is 7.91. The number of hydrogen-bond acceptors (Lipinski definition) is 4. The van der Waals surface area contributed by atoms with E-state index in [-0.39, 0.29) is 32.1 Å². The lowest BCUT2D eigenvalue weighted by atomic mass is 10.1. The first-order valence-corrected chi connectivity index (χ1v) is 8.59. The molecule has 0 aliphatic carbocycles. The van der Waals surface area contributed by atoms with Gasteiger partial charge in [-0.3, -0.25) is 9.59 Å². The van der Waals surface area contributed by atoms with Crippen LogP contribution >= 0.6 is 0 Å². The Morgan fingerprint density at radius 3 is 2.30 bits per heavy atom. The van der Waals surface area contributed by atoms with Gasteiger partial charge in [-0.25, -0.2) is 4.39 Å². The molecule has 3 N–H and O–H groups in total. The summed E-state index contributed by atoms with van der Waals surface area (Å²) in [4.78, 5) is 23.9. The second-order valence-electron chi connectivity index (χ2n) is 6.01. The van der Waals surface area contributed by atoms with Crippen molar-refractivity contribution in [1.82, 2.24) is 10.6 Å². The fraction of sp³-hybridized carbons (Fsp3) is 0.300. The van der Waals surface area contributed by atoms with Crippen molar-refractivity contribution in [3.05, 3.63) is 71.0 Å². The summed E-state index contributed by atoms with van der Waals surface area (Å²) in [6, 6.07) is 13.2. The van der Waals surface area contributed by atoms with Gasteiger partial charge >= 0.3 is 11.8 Å². The van der Waals surface area contributed by atoms with E-state index >= 15 is 0 Å². The van der Waals surface area contributed by atoms with Crippen molar-refractivity contribution in [3.63, 3.8) is 0 Å². The minimum Gasteiger partial charge on any atom is -0.394 e. The molecular formula is C20H23FN2O4. The molecule has 7 heteroatoms. The number of aliphatic hydroxyl groups is 1. The summed E-state index contributed by atoms with van der Waals surface area (Å²) in [6.45, 7) is 2.14. The molecule has 2 amide bonds. The van der Waals surface area contributed by atoms with E-state index in [1.165, 1.54) is 24.3 Å². The Morgan fingerprint density at radius 1 is 1.04 bits per heavy atom. The maximum atomic E-state index is 12.9. The molecule has 2 aromatic rings. The zero-order valence-corrected chi connectivity index (χ0v) is 15.1. The van der Waals surface area contributed by atoms with E-state index in [1.807, 2.05) is 31.2 Å². The first kappa shape index (κ1) is 20.5. The van der Waals surface area contributed by atoms with E-state index in [4.69, 9.17) is 9.84 Å². The molecule has 0 aliphatic rings. The molecule has 6 nitrogen and oxygen atoms in total. The molecule has 2 aromatic carbocycles. The van der Waals surface area contributed by atoms with Gasteiger partial charge in [-0.15, -0.1) is 0 Å². The molecule has 1 unspecified atom stereocenters. The Labute approximate surface area is 157 Å². The van der Waals surface area contributed by atoms with Crippen LogP contribution in [0.5, 0.6) is 0 Å². The number of hydrogen-bond donors (Lipinski definition) is 3. The Bertz CT molecular complexity index is 748. The fourth-order valence-electron chi connectivity index (χ4n) is 2.38. The third-order valence-corrected chi connectivity index (χ3v) is 3.88. The first-order chi connectivity index (χ1) is 13.0. The summed E-state index contributed by atoms with van der Waals surface area (Å²) in [7, 11) is 0. The molecule has 0 bridgehead atoms. The van der Waals surface area contributed by atoms with Gasteiger partial charge in [-0.2, -0.15) is 0 Å². The van der Waals surface area contributed by atoms with Gasteiger partial charge < -0.3 is 20.5 Å². The molecule has 0 spiro atoms. The largest absolute Gasteiger partial charge is 0.394 e. The van der Waals surface area contributed by atoms with Crippen LogP contribution in [-0.2, 0) is 20.9 Å². The average Bonchev–Trinajstić information content (AvgIpc) is 2.68. The highest BCUT2D eigenvalue weighted by atomic mass is 19.1. The van der Waals surface area contributed by atoms with E-state index < -0.39 is 17.9 Å². The van der Waals surface area contributed by atoms with Gasteiger partial charge in [0.25, 0.3) is 0 Å². The number of amides is 2. The van der Waals surface area contributed by atoms with E-state index in [9.17, 15) is 14.0 Å². The van der Waals surface area contributed by atoms with Gasteiger partial charge in [0.1, 0.15) is 5.82 Å². The normalized spacial score (nSPS) is 11.7. The van der Waals surface area contributed by atoms with Crippen LogP contribution in [0, 0.1) is 12.7 Å². The molecule has 1 atom stereocenters. The maximum Gasteiger partial charge on any atom is 0.309 e. The van der Waals surface area contributed by atoms with Gasteiger partial charge in [0.05, 0.1) is 19.3 Å². The predicted octanol–water partition coefficient (Wildman–Crippen LogP) is 1.62. The number of nitrogens with one attached hydrogen (secondary N) is 2. The van der Waals surface area contributed by atoms with Gasteiger partial charge in [-0.1, -0.05) is 42.0 Å². The number of aliphatic hydroxyl groups excluding tert-OH is 1. The summed E-state index contributed by atoms with van der Waals surface area (Å²) in [6.07, 6.45) is -0.480. The van der Waals surface area contributed by atoms with Crippen molar-refractivity contribution in [3.8, 4) is 0 Å². The van der Waals surface area contributed by atoms with E-state index in [2.05, 4.69) is 10.6 Å². The highest BCUT2D eigenvalue weighted by Gasteiger charge is 2.17. The zero-order valence-electron chi connectivity index (χ0n) is 15.1. The minimum absolute atomic E-state index is 0.0891. The number of carbonyl (C=O) groups is 2. The van der Waals surface area contributed by atoms with Crippen LogP contribution in [0.4, 0.5) is 4.39 Å². The average molecular weight is 374 g/mol. The second kappa shape index (κ2) is 10.4. The molecule has 0 radical (unpaired) electrons. The van der Waals surface area contributed by atoms with Crippen molar-refractivity contribution in [2.24, 2.45) is 0 Å². The van der Waals surface area contributed by atoms with Crippen LogP contribution in [0.15, 0.2) is 48.5 Å². The van der Waals surface area contributed by atoms with Crippen molar-refractivity contribution in [2.45, 2.75) is 19.6 Å². The summed E-state index contributed by atoms with van der Waals surface area (Å²) >= 11 is 0. The predicted molar refractivity (Wildman–Crippen MR) is 98.2 cm³/mol. The molecule has 0 heterocycles. The van der Waals surface area contributed by atoms with Crippen LogP contribution in [0.3, 0.4) is 0 Å². The van der Waals surface area contributed by atoms with Gasteiger partial charge in [-0.05, 0) is 30.2 Å². The monoisotopic (exact) mass is 374 g/mol. The highest BCUT2D eigenvalue weighted by Crippen LogP contribution is 2.17. The maximum absolute atomic E-state index is 12.9. The third kappa shape index (κ3) is 6.80. The van der Waals surface area contributed by atoms with Crippen molar-refractivity contribution >= 4 is 11.8 Å².